The predicted octanol–water partition coefficient (Wildman–Crippen LogP) is 2.19. The van der Waals surface area contributed by atoms with Gasteiger partial charge in [-0.25, -0.2) is 0 Å². The Bertz CT molecular complexity index is 504. The Balaban J connectivity index is 3.23. The number of halogens is 3. The maximum atomic E-state index is 12.3. The zero-order chi connectivity index (χ0) is 12.6. The van der Waals surface area contributed by atoms with Crippen molar-refractivity contribution in [1.82, 2.24) is 0 Å². The highest BCUT2D eigenvalue weighted by molar-refractivity contribution is 8.01. The number of nitrogens with zero attached hydrogens (tertiary/aromatic N) is 1. The van der Waals surface area contributed by atoms with Gasteiger partial charge in [0, 0.05) is 17.0 Å². The third kappa shape index (κ3) is 2.16. The van der Waals surface area contributed by atoms with Gasteiger partial charge in [0.25, 0.3) is 5.69 Å². The van der Waals surface area contributed by atoms with Gasteiger partial charge < -0.3 is 0 Å². The van der Waals surface area contributed by atoms with E-state index in [2.05, 4.69) is 5.87 Å². The first kappa shape index (κ1) is 12.5. The molecule has 88 valence electrons. The summed E-state index contributed by atoms with van der Waals surface area (Å²) in [5.41, 5.74) is -5.34. The highest BCUT2D eigenvalue weighted by Gasteiger charge is 2.40. The SMILES string of the molecule is C=S(=O)(c1ccc([N+](=O)[O-])cc1)C(F)(F)F. The molecule has 0 bridgehead atoms. The molecule has 0 saturated carbocycles. The third-order valence-electron chi connectivity index (χ3n) is 1.80. The van der Waals surface area contributed by atoms with Crippen LogP contribution < -0.4 is 0 Å². The molecule has 0 aliphatic heterocycles. The van der Waals surface area contributed by atoms with E-state index >= 15 is 0 Å². The lowest BCUT2D eigenvalue weighted by Crippen LogP contribution is -2.22. The van der Waals surface area contributed by atoms with E-state index in [0.29, 0.717) is 0 Å². The Hall–Kier alpha value is -1.57. The van der Waals surface area contributed by atoms with Crippen molar-refractivity contribution >= 4 is 21.1 Å². The van der Waals surface area contributed by atoms with Crippen LogP contribution in [0.4, 0.5) is 18.9 Å². The molecule has 0 heterocycles. The van der Waals surface area contributed by atoms with E-state index in [1.807, 2.05) is 0 Å². The molecule has 1 aromatic carbocycles. The van der Waals surface area contributed by atoms with Gasteiger partial charge >= 0.3 is 5.51 Å². The largest absolute Gasteiger partial charge is 0.467 e. The summed E-state index contributed by atoms with van der Waals surface area (Å²) in [4.78, 5) is 8.92. The molecule has 4 nitrogen and oxygen atoms in total. The Morgan fingerprint density at radius 3 is 2.00 bits per heavy atom. The molecule has 1 rings (SSSR count). The summed E-state index contributed by atoms with van der Waals surface area (Å²) in [6, 6.07) is 3.29. The third-order valence-corrected chi connectivity index (χ3v) is 3.58. The van der Waals surface area contributed by atoms with E-state index in [-0.39, 0.29) is 5.69 Å². The molecule has 8 heteroatoms. The first-order chi connectivity index (χ1) is 7.16. The zero-order valence-electron chi connectivity index (χ0n) is 7.73. The highest BCUT2D eigenvalue weighted by atomic mass is 32.2. The summed E-state index contributed by atoms with van der Waals surface area (Å²) in [6.07, 6.45) is 0. The number of benzene rings is 1. The van der Waals surface area contributed by atoms with Crippen LogP contribution in [0.3, 0.4) is 0 Å². The van der Waals surface area contributed by atoms with Gasteiger partial charge in [-0.15, -0.1) is 0 Å². The number of rotatable bonds is 2. The number of nitro benzene ring substituents is 1. The van der Waals surface area contributed by atoms with E-state index in [1.165, 1.54) is 0 Å². The van der Waals surface area contributed by atoms with Crippen LogP contribution in [0.2, 0.25) is 0 Å². The molecule has 0 radical (unpaired) electrons. The van der Waals surface area contributed by atoms with Crippen LogP contribution in [0.15, 0.2) is 29.2 Å². The van der Waals surface area contributed by atoms with Crippen molar-refractivity contribution in [2.75, 3.05) is 0 Å². The second kappa shape index (κ2) is 3.78. The second-order valence-electron chi connectivity index (χ2n) is 2.87. The quantitative estimate of drug-likeness (QED) is 0.461. The first-order valence-electron chi connectivity index (χ1n) is 3.84. The Morgan fingerprint density at radius 2 is 1.69 bits per heavy atom. The van der Waals surface area contributed by atoms with E-state index < -0.39 is 24.8 Å². The van der Waals surface area contributed by atoms with Crippen LogP contribution in [-0.2, 0) is 9.52 Å². The van der Waals surface area contributed by atoms with Crippen LogP contribution in [0, 0.1) is 10.1 Å². The lowest BCUT2D eigenvalue weighted by molar-refractivity contribution is -0.384. The van der Waals surface area contributed by atoms with Crippen LogP contribution in [0.1, 0.15) is 0 Å². The molecule has 0 saturated heterocycles. The van der Waals surface area contributed by atoms with Gasteiger partial charge in [0.1, 0.15) is 0 Å². The maximum Gasteiger partial charge on any atom is 0.467 e. The van der Waals surface area contributed by atoms with Gasteiger partial charge in [0.2, 0.25) is 0 Å². The van der Waals surface area contributed by atoms with E-state index in [0.717, 1.165) is 24.3 Å². The molecule has 0 aliphatic carbocycles. The van der Waals surface area contributed by atoms with E-state index in [4.69, 9.17) is 0 Å². The average Bonchev–Trinajstić information content (AvgIpc) is 2.16. The molecule has 16 heavy (non-hydrogen) atoms. The predicted molar refractivity (Wildman–Crippen MR) is 52.7 cm³/mol. The van der Waals surface area contributed by atoms with Crippen LogP contribution >= 0.6 is 0 Å². The van der Waals surface area contributed by atoms with Crippen molar-refractivity contribution in [1.29, 1.82) is 0 Å². The maximum absolute atomic E-state index is 12.3. The lowest BCUT2D eigenvalue weighted by Gasteiger charge is -2.12. The number of alkyl halides is 3. The number of nitro groups is 1. The van der Waals surface area contributed by atoms with E-state index in [9.17, 15) is 27.5 Å². The molecule has 0 aromatic heterocycles. The number of hydrogen-bond acceptors (Lipinski definition) is 3. The summed E-state index contributed by atoms with van der Waals surface area (Å²) in [7, 11) is -4.44. The van der Waals surface area contributed by atoms with Gasteiger partial charge in [-0.05, 0) is 18.0 Å². The minimum atomic E-state index is -4.97. The molecule has 0 fully saturated rings. The van der Waals surface area contributed by atoms with Crippen molar-refractivity contribution in [3.63, 3.8) is 0 Å². The molecule has 1 unspecified atom stereocenters. The highest BCUT2D eigenvalue weighted by Crippen LogP contribution is 2.30. The smallest absolute Gasteiger partial charge is 0.258 e. The molecular weight excluding hydrogens is 247 g/mol. The normalized spacial score (nSPS) is 15.4. The molecule has 0 amide bonds. The fraction of sp³-hybridized carbons (Fsp3) is 0.125. The van der Waals surface area contributed by atoms with Crippen LogP contribution in [-0.4, -0.2) is 20.5 Å². The minimum Gasteiger partial charge on any atom is -0.258 e. The number of non-ortho nitro benzene ring substituents is 1. The minimum absolute atomic E-state index is 0.374. The van der Waals surface area contributed by atoms with Crippen molar-refractivity contribution in [2.24, 2.45) is 0 Å². The van der Waals surface area contributed by atoms with Crippen LogP contribution in [0.25, 0.3) is 0 Å². The monoisotopic (exact) mass is 253 g/mol. The Kier molecular flexibility index (Phi) is 2.95. The zero-order valence-corrected chi connectivity index (χ0v) is 8.55. The summed E-state index contributed by atoms with van der Waals surface area (Å²) in [5, 5.41) is 10.3. The Labute approximate surface area is 88.9 Å². The molecule has 0 aliphatic rings. The topological polar surface area (TPSA) is 60.2 Å². The van der Waals surface area contributed by atoms with Gasteiger partial charge in [0.05, 0.1) is 14.4 Å². The Morgan fingerprint density at radius 1 is 1.25 bits per heavy atom. The summed E-state index contributed by atoms with van der Waals surface area (Å²) in [6.45, 7) is 0. The van der Waals surface area contributed by atoms with Gasteiger partial charge in [-0.1, -0.05) is 0 Å². The first-order valence-corrected chi connectivity index (χ1v) is 5.57. The lowest BCUT2D eigenvalue weighted by atomic mass is 10.3. The molecule has 1 atom stereocenters. The van der Waals surface area contributed by atoms with Gasteiger partial charge in [0.15, 0.2) is 0 Å². The van der Waals surface area contributed by atoms with Crippen molar-refractivity contribution in [3.8, 4) is 0 Å². The molecule has 0 spiro atoms. The number of hydrogen-bond donors (Lipinski definition) is 0. The van der Waals surface area contributed by atoms with Crippen molar-refractivity contribution in [3.05, 3.63) is 34.4 Å². The fourth-order valence-corrected chi connectivity index (χ4v) is 1.76. The fourth-order valence-electron chi connectivity index (χ4n) is 0.921. The summed E-state index contributed by atoms with van der Waals surface area (Å²) < 4.78 is 48.2. The van der Waals surface area contributed by atoms with Crippen molar-refractivity contribution < 1.29 is 22.3 Å². The molecule has 0 N–H and O–H groups in total. The van der Waals surface area contributed by atoms with Crippen LogP contribution in [0.5, 0.6) is 0 Å². The molecule has 1 aromatic rings. The second-order valence-corrected chi connectivity index (χ2v) is 5.16. The van der Waals surface area contributed by atoms with Gasteiger partial charge in [-0.2, -0.15) is 13.2 Å². The summed E-state index contributed by atoms with van der Waals surface area (Å²) >= 11 is 0. The van der Waals surface area contributed by atoms with Crippen molar-refractivity contribution in [2.45, 2.75) is 10.4 Å². The van der Waals surface area contributed by atoms with E-state index in [1.54, 1.807) is 0 Å². The molecular formula is C8H6F3NO3S. The van der Waals surface area contributed by atoms with Gasteiger partial charge in [-0.3, -0.25) is 14.3 Å². The average molecular weight is 253 g/mol. The summed E-state index contributed by atoms with van der Waals surface area (Å²) in [5.74, 6) is 2.62. The standard InChI is InChI=1S/C8H6F3NO3S/c1-16(15,8(9,10)11)7-4-2-6(3-5-7)12(13)14/h2-5H,1H2.